The minimum Gasteiger partial charge on any atom is -0.375 e. The molecule has 1 aliphatic rings. The predicted octanol–water partition coefficient (Wildman–Crippen LogP) is 3.23. The number of ether oxygens (including phenoxy) is 1. The second-order valence-corrected chi connectivity index (χ2v) is 6.23. The van der Waals surface area contributed by atoms with Crippen LogP contribution in [0.5, 0.6) is 0 Å². The van der Waals surface area contributed by atoms with E-state index in [1.54, 1.807) is 0 Å². The Balaban J connectivity index is 2.29. The Bertz CT molecular complexity index is 452. The highest BCUT2D eigenvalue weighted by molar-refractivity contribution is 6.30. The number of benzene rings is 1. The summed E-state index contributed by atoms with van der Waals surface area (Å²) in [7, 11) is 0. The number of hydrogen-bond donors (Lipinski definition) is 1. The molecule has 3 unspecified atom stereocenters. The van der Waals surface area contributed by atoms with E-state index in [-0.39, 0.29) is 12.1 Å². The third-order valence-corrected chi connectivity index (χ3v) is 4.20. The highest BCUT2D eigenvalue weighted by Crippen LogP contribution is 2.29. The molecule has 0 amide bonds. The summed E-state index contributed by atoms with van der Waals surface area (Å²) in [6.45, 7) is 8.12. The quantitative estimate of drug-likeness (QED) is 0.927. The number of hydrogen-bond acceptors (Lipinski definition) is 3. The van der Waals surface area contributed by atoms with E-state index in [4.69, 9.17) is 22.1 Å². The molecule has 0 aromatic heterocycles. The molecule has 0 radical (unpaired) electrons. The molecule has 1 heterocycles. The van der Waals surface area contributed by atoms with Crippen LogP contribution in [0.25, 0.3) is 0 Å². The Kier molecular flexibility index (Phi) is 5.30. The van der Waals surface area contributed by atoms with Gasteiger partial charge in [-0.2, -0.15) is 0 Å². The summed E-state index contributed by atoms with van der Waals surface area (Å²) in [5.41, 5.74) is 8.62. The molecule has 2 N–H and O–H groups in total. The molecule has 112 valence electrons. The number of rotatable bonds is 4. The number of morpholine rings is 1. The van der Waals surface area contributed by atoms with Gasteiger partial charge in [-0.15, -0.1) is 0 Å². The van der Waals surface area contributed by atoms with Crippen molar-refractivity contribution in [2.45, 2.75) is 51.8 Å². The Labute approximate surface area is 127 Å². The third-order valence-electron chi connectivity index (χ3n) is 3.97. The van der Waals surface area contributed by atoms with E-state index in [2.05, 4.69) is 37.8 Å². The summed E-state index contributed by atoms with van der Waals surface area (Å²) >= 11 is 6.16. The number of halogens is 1. The average molecular weight is 297 g/mol. The van der Waals surface area contributed by atoms with Crippen molar-refractivity contribution >= 4 is 17.3 Å². The zero-order valence-electron chi connectivity index (χ0n) is 12.6. The largest absolute Gasteiger partial charge is 0.375 e. The highest BCUT2D eigenvalue weighted by atomic mass is 35.5. The lowest BCUT2D eigenvalue weighted by atomic mass is 10.0. The first-order valence-corrected chi connectivity index (χ1v) is 7.81. The molecule has 1 fully saturated rings. The van der Waals surface area contributed by atoms with Crippen molar-refractivity contribution in [1.29, 1.82) is 0 Å². The molecule has 20 heavy (non-hydrogen) atoms. The fourth-order valence-corrected chi connectivity index (χ4v) is 2.86. The van der Waals surface area contributed by atoms with Crippen LogP contribution in [0.1, 0.15) is 32.8 Å². The van der Waals surface area contributed by atoms with Crippen molar-refractivity contribution < 1.29 is 4.74 Å². The Morgan fingerprint density at radius 2 is 2.20 bits per heavy atom. The molecule has 0 saturated carbocycles. The molecule has 1 aliphatic heterocycles. The first-order chi connectivity index (χ1) is 9.51. The van der Waals surface area contributed by atoms with E-state index in [0.29, 0.717) is 6.04 Å². The molecule has 1 aromatic rings. The van der Waals surface area contributed by atoms with Gasteiger partial charge in [0.15, 0.2) is 0 Å². The van der Waals surface area contributed by atoms with Crippen molar-refractivity contribution in [2.24, 2.45) is 5.73 Å². The topological polar surface area (TPSA) is 38.5 Å². The van der Waals surface area contributed by atoms with Gasteiger partial charge in [0.25, 0.3) is 0 Å². The summed E-state index contributed by atoms with van der Waals surface area (Å²) in [5, 5.41) is 0.779. The summed E-state index contributed by atoms with van der Waals surface area (Å²) in [6, 6.07) is 6.70. The van der Waals surface area contributed by atoms with Crippen molar-refractivity contribution in [2.75, 3.05) is 18.1 Å². The standard InChI is InChI=1S/C16H25ClN2O/c1-4-15(18)8-13-7-14(17)5-6-16(13)19-9-12(3)20-10-11(19)2/h5-7,11-12,15H,4,8-10,18H2,1-3H3. The first-order valence-electron chi connectivity index (χ1n) is 7.43. The van der Waals surface area contributed by atoms with Gasteiger partial charge in [0.2, 0.25) is 0 Å². The van der Waals surface area contributed by atoms with Gasteiger partial charge < -0.3 is 15.4 Å². The second-order valence-electron chi connectivity index (χ2n) is 5.79. The van der Waals surface area contributed by atoms with Crippen LogP contribution in [-0.2, 0) is 11.2 Å². The van der Waals surface area contributed by atoms with Gasteiger partial charge in [-0.3, -0.25) is 0 Å². The molecular formula is C16H25ClN2O. The van der Waals surface area contributed by atoms with Gasteiger partial charge in [0.05, 0.1) is 12.7 Å². The van der Waals surface area contributed by atoms with E-state index < -0.39 is 0 Å². The molecule has 0 aliphatic carbocycles. The number of anilines is 1. The highest BCUT2D eigenvalue weighted by Gasteiger charge is 2.25. The maximum Gasteiger partial charge on any atom is 0.0723 e. The summed E-state index contributed by atoms with van der Waals surface area (Å²) in [6.07, 6.45) is 2.10. The molecular weight excluding hydrogens is 272 g/mol. The van der Waals surface area contributed by atoms with E-state index in [1.165, 1.54) is 11.3 Å². The number of nitrogens with zero attached hydrogens (tertiary/aromatic N) is 1. The predicted molar refractivity (Wildman–Crippen MR) is 85.6 cm³/mol. The smallest absolute Gasteiger partial charge is 0.0723 e. The lowest BCUT2D eigenvalue weighted by molar-refractivity contribution is 0.0343. The van der Waals surface area contributed by atoms with Crippen LogP contribution in [0.4, 0.5) is 5.69 Å². The van der Waals surface area contributed by atoms with Gasteiger partial charge in [0, 0.05) is 29.3 Å². The maximum absolute atomic E-state index is 6.16. The Morgan fingerprint density at radius 3 is 2.90 bits per heavy atom. The van der Waals surface area contributed by atoms with Gasteiger partial charge in [-0.05, 0) is 50.5 Å². The van der Waals surface area contributed by atoms with Crippen molar-refractivity contribution in [3.05, 3.63) is 28.8 Å². The molecule has 1 saturated heterocycles. The molecule has 4 heteroatoms. The van der Waals surface area contributed by atoms with Gasteiger partial charge in [0.1, 0.15) is 0 Å². The minimum absolute atomic E-state index is 0.181. The molecule has 3 atom stereocenters. The molecule has 3 nitrogen and oxygen atoms in total. The van der Waals surface area contributed by atoms with Crippen LogP contribution in [-0.4, -0.2) is 31.3 Å². The van der Waals surface area contributed by atoms with Crippen LogP contribution >= 0.6 is 11.6 Å². The SMILES string of the molecule is CCC(N)Cc1cc(Cl)ccc1N1CC(C)OCC1C. The van der Waals surface area contributed by atoms with Crippen LogP contribution in [0.3, 0.4) is 0 Å². The molecule has 2 rings (SSSR count). The van der Waals surface area contributed by atoms with Gasteiger partial charge >= 0.3 is 0 Å². The molecule has 1 aromatic carbocycles. The van der Waals surface area contributed by atoms with Crippen molar-refractivity contribution in [1.82, 2.24) is 0 Å². The normalized spacial score (nSPS) is 24.8. The van der Waals surface area contributed by atoms with Crippen LogP contribution < -0.4 is 10.6 Å². The fourth-order valence-electron chi connectivity index (χ4n) is 2.66. The molecule has 0 spiro atoms. The van der Waals surface area contributed by atoms with Crippen molar-refractivity contribution in [3.63, 3.8) is 0 Å². The van der Waals surface area contributed by atoms with E-state index in [9.17, 15) is 0 Å². The van der Waals surface area contributed by atoms with Crippen LogP contribution in [0, 0.1) is 0 Å². The first kappa shape index (κ1) is 15.6. The fraction of sp³-hybridized carbons (Fsp3) is 0.625. The summed E-state index contributed by atoms with van der Waals surface area (Å²) in [5.74, 6) is 0. The maximum atomic E-state index is 6.16. The summed E-state index contributed by atoms with van der Waals surface area (Å²) in [4.78, 5) is 2.42. The van der Waals surface area contributed by atoms with E-state index in [0.717, 1.165) is 31.0 Å². The Hall–Kier alpha value is -0.770. The van der Waals surface area contributed by atoms with Crippen LogP contribution in [0.2, 0.25) is 5.02 Å². The zero-order chi connectivity index (χ0) is 14.7. The second kappa shape index (κ2) is 6.79. The van der Waals surface area contributed by atoms with Crippen molar-refractivity contribution in [3.8, 4) is 0 Å². The van der Waals surface area contributed by atoms with E-state index >= 15 is 0 Å². The molecule has 0 bridgehead atoms. The van der Waals surface area contributed by atoms with E-state index in [1.807, 2.05) is 6.07 Å². The average Bonchev–Trinajstić information content (AvgIpc) is 2.42. The number of nitrogens with two attached hydrogens (primary N) is 1. The van der Waals surface area contributed by atoms with Crippen LogP contribution in [0.15, 0.2) is 18.2 Å². The third kappa shape index (κ3) is 3.66. The monoisotopic (exact) mass is 296 g/mol. The Morgan fingerprint density at radius 1 is 1.45 bits per heavy atom. The lowest BCUT2D eigenvalue weighted by Crippen LogP contribution is -2.48. The van der Waals surface area contributed by atoms with Gasteiger partial charge in [-0.1, -0.05) is 18.5 Å². The lowest BCUT2D eigenvalue weighted by Gasteiger charge is -2.39. The zero-order valence-corrected chi connectivity index (χ0v) is 13.4. The summed E-state index contributed by atoms with van der Waals surface area (Å²) < 4.78 is 5.72. The minimum atomic E-state index is 0.181. The van der Waals surface area contributed by atoms with Gasteiger partial charge in [-0.25, -0.2) is 0 Å².